The van der Waals surface area contributed by atoms with Gasteiger partial charge in [0.05, 0.1) is 15.6 Å². The number of carbonyl (C=O) groups excluding carboxylic acids is 1. The zero-order valence-corrected chi connectivity index (χ0v) is 20.0. The summed E-state index contributed by atoms with van der Waals surface area (Å²) in [6.07, 6.45) is 3.41. The van der Waals surface area contributed by atoms with E-state index in [9.17, 15) is 9.59 Å². The molecule has 1 N–H and O–H groups in total. The number of hydrogen-bond donors (Lipinski definition) is 1. The van der Waals surface area contributed by atoms with Gasteiger partial charge in [0.25, 0.3) is 5.91 Å². The SMILES string of the molecule is CN1CCN(NC(=O)c2c(=O)c3cc(N4CCCCC4)nnc3n3c2sc2ccccc23)CC1. The van der Waals surface area contributed by atoms with E-state index in [0.717, 1.165) is 62.3 Å². The number of amides is 1. The number of nitrogens with zero attached hydrogens (tertiary/aromatic N) is 6. The molecule has 2 saturated heterocycles. The van der Waals surface area contributed by atoms with E-state index in [1.54, 1.807) is 0 Å². The number of fused-ring (bicyclic) bond motifs is 5. The lowest BCUT2D eigenvalue weighted by Crippen LogP contribution is -2.53. The van der Waals surface area contributed by atoms with Gasteiger partial charge in [-0.05, 0) is 44.5 Å². The number of hydrogen-bond acceptors (Lipinski definition) is 8. The standard InChI is InChI=1S/C24H27N7O2S/c1-28-11-13-30(14-12-28)27-23(33)20-21(32)16-15-19(29-9-5-2-6-10-29)25-26-22(16)31-17-7-3-4-8-18(17)34-24(20)31/h3-4,7-8,15H,2,5-6,9-14H2,1H3,(H,27,33). The van der Waals surface area contributed by atoms with Crippen molar-refractivity contribution >= 4 is 49.1 Å². The predicted molar refractivity (Wildman–Crippen MR) is 135 cm³/mol. The second-order valence-corrected chi connectivity index (χ2v) is 10.2. The molecule has 0 radical (unpaired) electrons. The maximum atomic E-state index is 13.8. The van der Waals surface area contributed by atoms with Crippen LogP contribution in [0.2, 0.25) is 0 Å². The zero-order chi connectivity index (χ0) is 23.2. The molecule has 1 amide bonds. The third kappa shape index (κ3) is 3.62. The number of rotatable bonds is 3. The summed E-state index contributed by atoms with van der Waals surface area (Å²) in [6.45, 7) is 4.98. The van der Waals surface area contributed by atoms with Gasteiger partial charge in [0, 0.05) is 39.3 Å². The Balaban J connectivity index is 1.53. The molecule has 0 saturated carbocycles. The van der Waals surface area contributed by atoms with Gasteiger partial charge in [0.2, 0.25) is 5.43 Å². The third-order valence-electron chi connectivity index (χ3n) is 6.84. The molecule has 0 bridgehead atoms. The number of aromatic nitrogens is 3. The van der Waals surface area contributed by atoms with Crippen LogP contribution in [0.25, 0.3) is 26.1 Å². The first-order valence-corrected chi connectivity index (χ1v) is 12.6. The average Bonchev–Trinajstić information content (AvgIpc) is 3.25. The van der Waals surface area contributed by atoms with E-state index in [4.69, 9.17) is 0 Å². The van der Waals surface area contributed by atoms with Crippen LogP contribution < -0.4 is 15.8 Å². The molecule has 5 heterocycles. The summed E-state index contributed by atoms with van der Waals surface area (Å²) < 4.78 is 2.91. The number of nitrogens with one attached hydrogen (secondary N) is 1. The Kier molecular flexibility index (Phi) is 5.43. The molecule has 10 heteroatoms. The van der Waals surface area contributed by atoms with Crippen LogP contribution in [0, 0.1) is 0 Å². The quantitative estimate of drug-likeness (QED) is 0.485. The van der Waals surface area contributed by atoms with E-state index < -0.39 is 0 Å². The van der Waals surface area contributed by atoms with Crippen LogP contribution in [0.1, 0.15) is 29.6 Å². The van der Waals surface area contributed by atoms with Gasteiger partial charge in [-0.3, -0.25) is 19.4 Å². The largest absolute Gasteiger partial charge is 0.355 e. The van der Waals surface area contributed by atoms with Gasteiger partial charge in [-0.15, -0.1) is 21.5 Å². The van der Waals surface area contributed by atoms with Crippen molar-refractivity contribution < 1.29 is 4.79 Å². The van der Waals surface area contributed by atoms with Crippen molar-refractivity contribution in [2.45, 2.75) is 19.3 Å². The lowest BCUT2D eigenvalue weighted by atomic mass is 10.1. The van der Waals surface area contributed by atoms with E-state index in [1.165, 1.54) is 17.8 Å². The van der Waals surface area contributed by atoms with Gasteiger partial charge in [-0.25, -0.2) is 5.01 Å². The van der Waals surface area contributed by atoms with Gasteiger partial charge in [0.1, 0.15) is 10.4 Å². The molecule has 2 fully saturated rings. The predicted octanol–water partition coefficient (Wildman–Crippen LogP) is 2.34. The maximum absolute atomic E-state index is 13.8. The van der Waals surface area contributed by atoms with Crippen LogP contribution in [0.15, 0.2) is 35.1 Å². The molecule has 9 nitrogen and oxygen atoms in total. The van der Waals surface area contributed by atoms with Crippen LogP contribution in [-0.2, 0) is 0 Å². The molecule has 34 heavy (non-hydrogen) atoms. The first-order chi connectivity index (χ1) is 16.6. The van der Waals surface area contributed by atoms with Crippen molar-refractivity contribution in [3.8, 4) is 0 Å². The van der Waals surface area contributed by atoms with Gasteiger partial charge < -0.3 is 9.80 Å². The Morgan fingerprint density at radius 2 is 1.76 bits per heavy atom. The fraction of sp³-hybridized carbons (Fsp3) is 0.417. The molecule has 0 aliphatic carbocycles. The first kappa shape index (κ1) is 21.5. The average molecular weight is 478 g/mol. The van der Waals surface area contributed by atoms with Gasteiger partial charge >= 0.3 is 0 Å². The van der Waals surface area contributed by atoms with E-state index in [0.29, 0.717) is 21.7 Å². The zero-order valence-electron chi connectivity index (χ0n) is 19.2. The van der Waals surface area contributed by atoms with E-state index in [1.807, 2.05) is 39.7 Å². The van der Waals surface area contributed by atoms with Gasteiger partial charge in [0.15, 0.2) is 11.5 Å². The second kappa shape index (κ2) is 8.61. The van der Waals surface area contributed by atoms with Crippen molar-refractivity contribution in [3.05, 3.63) is 46.1 Å². The molecule has 3 aromatic heterocycles. The van der Waals surface area contributed by atoms with Crippen molar-refractivity contribution in [1.29, 1.82) is 0 Å². The smallest absolute Gasteiger partial charge is 0.272 e. The number of piperazine rings is 1. The highest BCUT2D eigenvalue weighted by Gasteiger charge is 2.26. The summed E-state index contributed by atoms with van der Waals surface area (Å²) in [6, 6.07) is 9.73. The summed E-state index contributed by atoms with van der Waals surface area (Å²) in [4.78, 5) is 32.3. The molecular weight excluding hydrogens is 450 g/mol. The number of pyridine rings is 1. The Morgan fingerprint density at radius 3 is 2.56 bits per heavy atom. The fourth-order valence-corrected chi connectivity index (χ4v) is 6.08. The van der Waals surface area contributed by atoms with Crippen molar-refractivity contribution in [2.24, 2.45) is 0 Å². The Bertz CT molecular complexity index is 1450. The Morgan fingerprint density at radius 1 is 1.00 bits per heavy atom. The number of benzene rings is 1. The van der Waals surface area contributed by atoms with Gasteiger partial charge in [-0.1, -0.05) is 12.1 Å². The number of thiazole rings is 1. The molecule has 0 unspecified atom stereocenters. The molecule has 0 spiro atoms. The maximum Gasteiger partial charge on any atom is 0.272 e. The number of hydrazine groups is 1. The molecule has 176 valence electrons. The molecule has 4 aromatic rings. The number of piperidine rings is 1. The van der Waals surface area contributed by atoms with Crippen LogP contribution in [-0.4, -0.2) is 76.7 Å². The minimum absolute atomic E-state index is 0.172. The highest BCUT2D eigenvalue weighted by molar-refractivity contribution is 7.24. The van der Waals surface area contributed by atoms with Gasteiger partial charge in [-0.2, -0.15) is 0 Å². The minimum atomic E-state index is -0.364. The van der Waals surface area contributed by atoms with Crippen molar-refractivity contribution in [3.63, 3.8) is 0 Å². The topological polar surface area (TPSA) is 86.1 Å². The lowest BCUT2D eigenvalue weighted by molar-refractivity contribution is 0.0663. The molecule has 0 atom stereocenters. The summed E-state index contributed by atoms with van der Waals surface area (Å²) >= 11 is 1.44. The molecule has 6 rings (SSSR count). The number of para-hydroxylation sites is 1. The van der Waals surface area contributed by atoms with E-state index >= 15 is 0 Å². The molecule has 2 aliphatic heterocycles. The van der Waals surface area contributed by atoms with Crippen molar-refractivity contribution in [2.75, 3.05) is 51.2 Å². The van der Waals surface area contributed by atoms with Crippen LogP contribution in [0.3, 0.4) is 0 Å². The highest BCUT2D eigenvalue weighted by Crippen LogP contribution is 2.31. The summed E-state index contributed by atoms with van der Waals surface area (Å²) in [5.41, 5.74) is 4.28. The van der Waals surface area contributed by atoms with Crippen LogP contribution in [0.4, 0.5) is 5.82 Å². The van der Waals surface area contributed by atoms with Crippen LogP contribution >= 0.6 is 11.3 Å². The van der Waals surface area contributed by atoms with Crippen molar-refractivity contribution in [1.82, 2.24) is 29.9 Å². The Labute approximate surface area is 200 Å². The second-order valence-electron chi connectivity index (χ2n) is 9.13. The number of anilines is 1. The monoisotopic (exact) mass is 477 g/mol. The summed E-state index contributed by atoms with van der Waals surface area (Å²) in [5, 5.41) is 11.3. The number of carbonyl (C=O) groups is 1. The van der Waals surface area contributed by atoms with E-state index in [2.05, 4.69) is 32.5 Å². The first-order valence-electron chi connectivity index (χ1n) is 11.8. The fourth-order valence-electron chi connectivity index (χ4n) is 4.90. The summed E-state index contributed by atoms with van der Waals surface area (Å²) in [7, 11) is 2.07. The number of likely N-dealkylation sites (N-methyl/N-ethyl adjacent to an activating group) is 1. The highest BCUT2D eigenvalue weighted by atomic mass is 32.1. The normalized spacial score (nSPS) is 18.2. The van der Waals surface area contributed by atoms with Crippen LogP contribution in [0.5, 0.6) is 0 Å². The Hall–Kier alpha value is -3.08. The lowest BCUT2D eigenvalue weighted by Gasteiger charge is -2.32. The minimum Gasteiger partial charge on any atom is -0.355 e. The molecular formula is C24H27N7O2S. The molecule has 2 aliphatic rings. The summed E-state index contributed by atoms with van der Waals surface area (Å²) in [5.74, 6) is 0.339. The molecule has 1 aromatic carbocycles. The van der Waals surface area contributed by atoms with E-state index in [-0.39, 0.29) is 16.9 Å². The third-order valence-corrected chi connectivity index (χ3v) is 7.99.